The van der Waals surface area contributed by atoms with Gasteiger partial charge >= 0.3 is 6.09 Å². The van der Waals surface area contributed by atoms with Crippen LogP contribution in [0.15, 0.2) is 30.3 Å². The lowest BCUT2D eigenvalue weighted by molar-refractivity contribution is 0.181. The van der Waals surface area contributed by atoms with Crippen molar-refractivity contribution in [2.45, 2.75) is 32.2 Å². The Morgan fingerprint density at radius 1 is 1.29 bits per heavy atom. The Kier molecular flexibility index (Phi) is 4.97. The molecule has 1 rings (SSSR count). The largest absolute Gasteiger partial charge is 0.413 e. The minimum Gasteiger partial charge on any atom is -0.410 e. The monoisotopic (exact) mass is 236 g/mol. The van der Waals surface area contributed by atoms with Gasteiger partial charge in [0, 0.05) is 6.54 Å². The van der Waals surface area contributed by atoms with Gasteiger partial charge in [-0.15, -0.1) is 0 Å². The number of benzene rings is 1. The first kappa shape index (κ1) is 13.5. The summed E-state index contributed by atoms with van der Waals surface area (Å²) in [7, 11) is 0. The maximum atomic E-state index is 11.7. The summed E-state index contributed by atoms with van der Waals surface area (Å²) in [5, 5.41) is 2.84. The van der Waals surface area contributed by atoms with Crippen LogP contribution in [0.4, 0.5) is 4.79 Å². The maximum absolute atomic E-state index is 11.7. The molecule has 0 unspecified atom stereocenters. The summed E-state index contributed by atoms with van der Waals surface area (Å²) >= 11 is 0. The van der Waals surface area contributed by atoms with Crippen molar-refractivity contribution in [2.24, 2.45) is 5.73 Å². The van der Waals surface area contributed by atoms with E-state index in [1.165, 1.54) is 0 Å². The molecule has 4 heteroatoms. The predicted molar refractivity (Wildman–Crippen MR) is 68.0 cm³/mol. The molecule has 0 heterocycles. The number of nitrogens with two attached hydrogens (primary N) is 1. The number of carbonyl (C=O) groups is 1. The molecular formula is C13H20N2O2. The van der Waals surface area contributed by atoms with Crippen molar-refractivity contribution < 1.29 is 9.53 Å². The highest BCUT2D eigenvalue weighted by atomic mass is 16.6. The van der Waals surface area contributed by atoms with E-state index in [0.717, 1.165) is 12.8 Å². The molecule has 0 spiro atoms. The van der Waals surface area contributed by atoms with Crippen LogP contribution >= 0.6 is 0 Å². The molecule has 1 amide bonds. The molecule has 0 fully saturated rings. The molecule has 1 aromatic carbocycles. The molecule has 0 saturated carbocycles. The van der Waals surface area contributed by atoms with Gasteiger partial charge in [-0.3, -0.25) is 0 Å². The van der Waals surface area contributed by atoms with E-state index >= 15 is 0 Å². The van der Waals surface area contributed by atoms with E-state index in [0.29, 0.717) is 12.3 Å². The summed E-state index contributed by atoms with van der Waals surface area (Å²) in [6.45, 7) is 4.40. The lowest BCUT2D eigenvalue weighted by Gasteiger charge is -2.30. The second kappa shape index (κ2) is 6.25. The zero-order valence-corrected chi connectivity index (χ0v) is 10.4. The van der Waals surface area contributed by atoms with Crippen molar-refractivity contribution >= 4 is 6.09 Å². The summed E-state index contributed by atoms with van der Waals surface area (Å²) < 4.78 is 5.17. The number of hydrogen-bond acceptors (Lipinski definition) is 3. The van der Waals surface area contributed by atoms with Gasteiger partial charge in [-0.05, 0) is 25.0 Å². The Morgan fingerprint density at radius 3 is 2.35 bits per heavy atom. The maximum Gasteiger partial charge on any atom is 0.413 e. The van der Waals surface area contributed by atoms with Crippen molar-refractivity contribution in [1.29, 1.82) is 0 Å². The van der Waals surface area contributed by atoms with E-state index in [-0.39, 0.29) is 5.54 Å². The molecule has 0 bridgehead atoms. The van der Waals surface area contributed by atoms with Crippen LogP contribution < -0.4 is 15.8 Å². The molecule has 0 aliphatic carbocycles. The minimum atomic E-state index is -0.453. The van der Waals surface area contributed by atoms with Gasteiger partial charge in [0.15, 0.2) is 0 Å². The van der Waals surface area contributed by atoms with Crippen LogP contribution in [0.25, 0.3) is 0 Å². The molecule has 3 N–H and O–H groups in total. The third kappa shape index (κ3) is 3.75. The van der Waals surface area contributed by atoms with Crippen molar-refractivity contribution in [3.63, 3.8) is 0 Å². The van der Waals surface area contributed by atoms with E-state index in [1.807, 2.05) is 32.0 Å². The highest BCUT2D eigenvalue weighted by molar-refractivity contribution is 5.71. The third-order valence-corrected chi connectivity index (χ3v) is 3.07. The summed E-state index contributed by atoms with van der Waals surface area (Å²) in [5.74, 6) is 0.531. The minimum absolute atomic E-state index is 0.369. The average molecular weight is 236 g/mol. The van der Waals surface area contributed by atoms with E-state index in [2.05, 4.69) is 5.32 Å². The van der Waals surface area contributed by atoms with Crippen molar-refractivity contribution in [2.75, 3.05) is 6.54 Å². The Balaban J connectivity index is 2.60. The average Bonchev–Trinajstić information content (AvgIpc) is 2.37. The fourth-order valence-corrected chi connectivity index (χ4v) is 1.60. The SMILES string of the molecule is CCC(CC)(CN)NC(=O)Oc1ccccc1. The molecule has 0 radical (unpaired) electrons. The number of hydrogen-bond donors (Lipinski definition) is 2. The zero-order valence-electron chi connectivity index (χ0n) is 10.4. The molecule has 0 atom stereocenters. The highest BCUT2D eigenvalue weighted by Gasteiger charge is 2.27. The lowest BCUT2D eigenvalue weighted by atomic mass is 9.93. The Hall–Kier alpha value is -1.55. The summed E-state index contributed by atoms with van der Waals surface area (Å²) in [6.07, 6.45) is 1.11. The second-order valence-corrected chi connectivity index (χ2v) is 4.02. The fraction of sp³-hybridized carbons (Fsp3) is 0.462. The lowest BCUT2D eigenvalue weighted by Crippen LogP contribution is -2.53. The van der Waals surface area contributed by atoms with Crippen molar-refractivity contribution in [3.8, 4) is 5.75 Å². The van der Waals surface area contributed by atoms with Crippen LogP contribution in [0.1, 0.15) is 26.7 Å². The van der Waals surface area contributed by atoms with Crippen LogP contribution in [0.3, 0.4) is 0 Å². The van der Waals surface area contributed by atoms with E-state index in [9.17, 15) is 4.79 Å². The first-order valence-electron chi connectivity index (χ1n) is 5.91. The second-order valence-electron chi connectivity index (χ2n) is 4.02. The van der Waals surface area contributed by atoms with Crippen LogP contribution in [0.5, 0.6) is 5.75 Å². The number of carbonyl (C=O) groups excluding carboxylic acids is 1. The molecular weight excluding hydrogens is 216 g/mol. The first-order chi connectivity index (χ1) is 8.15. The zero-order chi connectivity index (χ0) is 12.7. The molecule has 4 nitrogen and oxygen atoms in total. The Morgan fingerprint density at radius 2 is 1.88 bits per heavy atom. The van der Waals surface area contributed by atoms with Gasteiger partial charge in [-0.25, -0.2) is 4.79 Å². The number of rotatable bonds is 5. The van der Waals surface area contributed by atoms with Crippen LogP contribution in [0, 0.1) is 0 Å². The van der Waals surface area contributed by atoms with Gasteiger partial charge in [-0.2, -0.15) is 0 Å². The van der Waals surface area contributed by atoms with Crippen molar-refractivity contribution in [3.05, 3.63) is 30.3 Å². The first-order valence-corrected chi connectivity index (χ1v) is 5.91. The summed E-state index contributed by atoms with van der Waals surface area (Å²) in [4.78, 5) is 11.7. The Bertz CT molecular complexity index is 339. The molecule has 0 aliphatic rings. The van der Waals surface area contributed by atoms with Gasteiger partial charge in [0.1, 0.15) is 5.75 Å². The standard InChI is InChI=1S/C13H20N2O2/c1-3-13(4-2,10-14)15-12(16)17-11-8-6-5-7-9-11/h5-9H,3-4,10,14H2,1-2H3,(H,15,16). The predicted octanol–water partition coefficient (Wildman–Crippen LogP) is 2.29. The smallest absolute Gasteiger partial charge is 0.410 e. The van der Waals surface area contributed by atoms with Gasteiger partial charge in [0.25, 0.3) is 0 Å². The highest BCUT2D eigenvalue weighted by Crippen LogP contribution is 2.14. The van der Waals surface area contributed by atoms with Crippen molar-refractivity contribution in [1.82, 2.24) is 5.32 Å². The molecule has 0 aromatic heterocycles. The fourth-order valence-electron chi connectivity index (χ4n) is 1.60. The normalized spacial score (nSPS) is 11.0. The number of ether oxygens (including phenoxy) is 1. The van der Waals surface area contributed by atoms with Gasteiger partial charge in [-0.1, -0.05) is 32.0 Å². The molecule has 0 aliphatic heterocycles. The molecule has 94 valence electrons. The van der Waals surface area contributed by atoms with E-state index < -0.39 is 6.09 Å². The van der Waals surface area contributed by atoms with E-state index in [4.69, 9.17) is 10.5 Å². The Labute approximate surface area is 102 Å². The number of amides is 1. The van der Waals surface area contributed by atoms with E-state index in [1.54, 1.807) is 12.1 Å². The van der Waals surface area contributed by atoms with Crippen LogP contribution in [-0.4, -0.2) is 18.2 Å². The molecule has 1 aromatic rings. The summed E-state index contributed by atoms with van der Waals surface area (Å²) in [5.41, 5.74) is 5.33. The van der Waals surface area contributed by atoms with Gasteiger partial charge < -0.3 is 15.8 Å². The molecule has 17 heavy (non-hydrogen) atoms. The summed E-state index contributed by atoms with van der Waals surface area (Å²) in [6, 6.07) is 8.98. The van der Waals surface area contributed by atoms with Crippen LogP contribution in [-0.2, 0) is 0 Å². The van der Waals surface area contributed by atoms with Gasteiger partial charge in [0.2, 0.25) is 0 Å². The molecule has 0 saturated heterocycles. The van der Waals surface area contributed by atoms with Crippen LogP contribution in [0.2, 0.25) is 0 Å². The number of para-hydroxylation sites is 1. The number of nitrogens with one attached hydrogen (secondary N) is 1. The third-order valence-electron chi connectivity index (χ3n) is 3.07. The quantitative estimate of drug-likeness (QED) is 0.824. The topological polar surface area (TPSA) is 64.3 Å². The van der Waals surface area contributed by atoms with Gasteiger partial charge in [0.05, 0.1) is 5.54 Å².